The molecule has 0 radical (unpaired) electrons. The van der Waals surface area contributed by atoms with E-state index in [1.165, 1.54) is 11.1 Å². The third kappa shape index (κ3) is 3.95. The maximum absolute atomic E-state index is 12.1. The third-order valence-corrected chi connectivity index (χ3v) is 6.20. The van der Waals surface area contributed by atoms with Crippen LogP contribution in [0, 0.1) is 0 Å². The lowest BCUT2D eigenvalue weighted by Crippen LogP contribution is -2.48. The molecule has 1 aliphatic heterocycles. The molecule has 5 rings (SSSR count). The van der Waals surface area contributed by atoms with Crippen LogP contribution < -0.4 is 10.6 Å². The fourth-order valence-electron chi connectivity index (χ4n) is 4.62. The van der Waals surface area contributed by atoms with Crippen LogP contribution in [0.25, 0.3) is 10.9 Å². The van der Waals surface area contributed by atoms with Gasteiger partial charge < -0.3 is 10.6 Å². The van der Waals surface area contributed by atoms with Gasteiger partial charge in [-0.3, -0.25) is 9.69 Å². The van der Waals surface area contributed by atoms with E-state index in [9.17, 15) is 4.79 Å². The Morgan fingerprint density at radius 3 is 1.94 bits per heavy atom. The van der Waals surface area contributed by atoms with Gasteiger partial charge in [-0.25, -0.2) is 4.98 Å². The first-order chi connectivity index (χ1) is 15.7. The Labute approximate surface area is 188 Å². The molecule has 3 aromatic carbocycles. The number of amides is 1. The number of carbonyl (C=O) groups is 1. The number of piperazine rings is 1. The molecule has 0 bridgehead atoms. The van der Waals surface area contributed by atoms with Crippen molar-refractivity contribution in [1.82, 2.24) is 9.88 Å². The van der Waals surface area contributed by atoms with Crippen molar-refractivity contribution in [3.05, 3.63) is 108 Å². The van der Waals surface area contributed by atoms with Crippen LogP contribution in [-0.2, 0) is 0 Å². The molecule has 0 saturated carbocycles. The summed E-state index contributed by atoms with van der Waals surface area (Å²) in [6, 6.07) is 31.1. The molecule has 1 aromatic heterocycles. The first-order valence-electron chi connectivity index (χ1n) is 11.0. The van der Waals surface area contributed by atoms with Crippen LogP contribution in [-0.4, -0.2) is 42.0 Å². The van der Waals surface area contributed by atoms with Gasteiger partial charge in [0.15, 0.2) is 0 Å². The maximum Gasteiger partial charge on any atom is 0.249 e. The van der Waals surface area contributed by atoms with Crippen molar-refractivity contribution in [3.8, 4) is 0 Å². The summed E-state index contributed by atoms with van der Waals surface area (Å²) in [7, 11) is 0. The Kier molecular flexibility index (Phi) is 5.57. The number of benzene rings is 3. The number of hydrogen-bond donors (Lipinski definition) is 1. The number of para-hydroxylation sites is 1. The molecule has 1 saturated heterocycles. The van der Waals surface area contributed by atoms with Crippen LogP contribution in [0.2, 0.25) is 0 Å². The number of pyridine rings is 1. The predicted molar refractivity (Wildman–Crippen MR) is 129 cm³/mol. The Morgan fingerprint density at radius 2 is 1.34 bits per heavy atom. The molecule has 0 spiro atoms. The molecule has 2 heterocycles. The highest BCUT2D eigenvalue weighted by atomic mass is 16.1. The molecular weight excluding hydrogens is 396 g/mol. The van der Waals surface area contributed by atoms with Crippen LogP contribution >= 0.6 is 0 Å². The van der Waals surface area contributed by atoms with Crippen LogP contribution in [0.15, 0.2) is 91.0 Å². The van der Waals surface area contributed by atoms with Crippen LogP contribution in [0.4, 0.5) is 5.82 Å². The van der Waals surface area contributed by atoms with Crippen molar-refractivity contribution in [2.75, 3.05) is 31.1 Å². The van der Waals surface area contributed by atoms with E-state index < -0.39 is 5.91 Å². The molecule has 4 aromatic rings. The minimum Gasteiger partial charge on any atom is -0.366 e. The van der Waals surface area contributed by atoms with Crippen LogP contribution in [0.5, 0.6) is 0 Å². The number of nitrogens with two attached hydrogens (primary N) is 1. The van der Waals surface area contributed by atoms with Crippen LogP contribution in [0.3, 0.4) is 0 Å². The first-order valence-corrected chi connectivity index (χ1v) is 11.0. The van der Waals surface area contributed by atoms with E-state index in [0.29, 0.717) is 5.56 Å². The molecule has 1 fully saturated rings. The van der Waals surface area contributed by atoms with E-state index in [0.717, 1.165) is 42.9 Å². The molecular formula is C27H26N4O. The van der Waals surface area contributed by atoms with Gasteiger partial charge in [-0.05, 0) is 23.3 Å². The summed E-state index contributed by atoms with van der Waals surface area (Å²) in [5.74, 6) is 0.393. The van der Waals surface area contributed by atoms with Crippen LogP contribution in [0.1, 0.15) is 27.5 Å². The molecule has 1 amide bonds. The summed E-state index contributed by atoms with van der Waals surface area (Å²) >= 11 is 0. The largest absolute Gasteiger partial charge is 0.366 e. The standard InChI is InChI=1S/C27H26N4O/c28-27(32)23-19-25(29-24-14-8-7-13-22(23)24)30-15-17-31(18-16-30)26(20-9-3-1-4-10-20)21-11-5-2-6-12-21/h1-14,19,26H,15-18H2,(H2,28,32). The molecule has 5 nitrogen and oxygen atoms in total. The van der Waals surface area contributed by atoms with Gasteiger partial charge >= 0.3 is 0 Å². The number of primary amides is 1. The van der Waals surface area contributed by atoms with Crippen molar-refractivity contribution >= 4 is 22.6 Å². The molecule has 160 valence electrons. The second kappa shape index (κ2) is 8.81. The second-order valence-electron chi connectivity index (χ2n) is 8.16. The number of nitrogens with zero attached hydrogens (tertiary/aromatic N) is 3. The monoisotopic (exact) mass is 422 g/mol. The van der Waals surface area contributed by atoms with Gasteiger partial charge in [0.2, 0.25) is 5.91 Å². The van der Waals surface area contributed by atoms with E-state index in [-0.39, 0.29) is 6.04 Å². The summed E-state index contributed by atoms with van der Waals surface area (Å²) in [4.78, 5) is 21.7. The van der Waals surface area contributed by atoms with Crippen molar-refractivity contribution < 1.29 is 4.79 Å². The smallest absolute Gasteiger partial charge is 0.249 e. The molecule has 1 aliphatic rings. The Hall–Kier alpha value is -3.70. The molecule has 32 heavy (non-hydrogen) atoms. The Morgan fingerprint density at radius 1 is 0.781 bits per heavy atom. The van der Waals surface area contributed by atoms with Crippen molar-refractivity contribution in [2.45, 2.75) is 6.04 Å². The molecule has 0 atom stereocenters. The van der Waals surface area contributed by atoms with Gasteiger partial charge in [0.25, 0.3) is 0 Å². The van der Waals surface area contributed by atoms with E-state index >= 15 is 0 Å². The van der Waals surface area contributed by atoms with Crippen molar-refractivity contribution in [1.29, 1.82) is 0 Å². The quantitative estimate of drug-likeness (QED) is 0.522. The number of hydrogen-bond acceptors (Lipinski definition) is 4. The number of aromatic nitrogens is 1. The van der Waals surface area contributed by atoms with Crippen molar-refractivity contribution in [3.63, 3.8) is 0 Å². The van der Waals surface area contributed by atoms with E-state index in [2.05, 4.69) is 70.5 Å². The Balaban J connectivity index is 1.41. The highest BCUT2D eigenvalue weighted by molar-refractivity contribution is 6.06. The fourth-order valence-corrected chi connectivity index (χ4v) is 4.62. The lowest BCUT2D eigenvalue weighted by molar-refractivity contribution is 0.100. The zero-order valence-electron chi connectivity index (χ0n) is 17.9. The topological polar surface area (TPSA) is 62.5 Å². The van der Waals surface area contributed by atoms with Gasteiger partial charge in [-0.15, -0.1) is 0 Å². The average molecular weight is 423 g/mol. The normalized spacial score (nSPS) is 14.7. The van der Waals surface area contributed by atoms with Gasteiger partial charge in [0.1, 0.15) is 5.82 Å². The van der Waals surface area contributed by atoms with Gasteiger partial charge in [-0.1, -0.05) is 78.9 Å². The third-order valence-electron chi connectivity index (χ3n) is 6.20. The minimum atomic E-state index is -0.420. The summed E-state index contributed by atoms with van der Waals surface area (Å²) in [5.41, 5.74) is 9.60. The fraction of sp³-hybridized carbons (Fsp3) is 0.185. The van der Waals surface area contributed by atoms with Crippen molar-refractivity contribution in [2.24, 2.45) is 5.73 Å². The molecule has 0 unspecified atom stereocenters. The molecule has 2 N–H and O–H groups in total. The highest BCUT2D eigenvalue weighted by Gasteiger charge is 2.27. The number of rotatable bonds is 5. The van der Waals surface area contributed by atoms with E-state index in [1.807, 2.05) is 30.3 Å². The summed E-state index contributed by atoms with van der Waals surface area (Å²) in [6.45, 7) is 3.46. The number of fused-ring (bicyclic) bond motifs is 1. The minimum absolute atomic E-state index is 0.213. The highest BCUT2D eigenvalue weighted by Crippen LogP contribution is 2.31. The summed E-state index contributed by atoms with van der Waals surface area (Å²) < 4.78 is 0. The lowest BCUT2D eigenvalue weighted by atomic mass is 9.96. The zero-order valence-corrected chi connectivity index (χ0v) is 17.9. The Bertz CT molecular complexity index is 1180. The average Bonchev–Trinajstić information content (AvgIpc) is 2.85. The number of anilines is 1. The summed E-state index contributed by atoms with van der Waals surface area (Å²) in [5, 5.41) is 0.801. The maximum atomic E-state index is 12.1. The SMILES string of the molecule is NC(=O)c1cc(N2CCN(C(c3ccccc3)c3ccccc3)CC2)nc2ccccc12. The van der Waals surface area contributed by atoms with Gasteiger partial charge in [0.05, 0.1) is 17.1 Å². The molecule has 0 aliphatic carbocycles. The second-order valence-corrected chi connectivity index (χ2v) is 8.16. The molecule has 5 heteroatoms. The van der Waals surface area contributed by atoms with E-state index in [4.69, 9.17) is 10.7 Å². The first kappa shape index (κ1) is 20.2. The lowest BCUT2D eigenvalue weighted by Gasteiger charge is -2.40. The van der Waals surface area contributed by atoms with Gasteiger partial charge in [0, 0.05) is 31.6 Å². The summed E-state index contributed by atoms with van der Waals surface area (Å²) in [6.07, 6.45) is 0. The van der Waals surface area contributed by atoms with Gasteiger partial charge in [-0.2, -0.15) is 0 Å². The van der Waals surface area contributed by atoms with E-state index in [1.54, 1.807) is 0 Å². The predicted octanol–water partition coefficient (Wildman–Crippen LogP) is 4.25. The number of carbonyl (C=O) groups excluding carboxylic acids is 1. The zero-order chi connectivity index (χ0) is 21.9.